The third-order valence-corrected chi connectivity index (χ3v) is 6.15. The molecule has 3 aromatic carbocycles. The van der Waals surface area contributed by atoms with E-state index in [0.717, 1.165) is 42.7 Å². The van der Waals surface area contributed by atoms with Gasteiger partial charge in [0.2, 0.25) is 5.91 Å². The molecule has 0 spiro atoms. The molecule has 5 nitrogen and oxygen atoms in total. The summed E-state index contributed by atoms with van der Waals surface area (Å²) in [6.45, 7) is 3.78. The second kappa shape index (κ2) is 11.0. The van der Waals surface area contributed by atoms with Crippen LogP contribution in [0.1, 0.15) is 53.7 Å². The average Bonchev–Trinajstić information content (AvgIpc) is 2.86. The van der Waals surface area contributed by atoms with Gasteiger partial charge in [0.05, 0.1) is 18.0 Å². The minimum absolute atomic E-state index is 0.126. The average molecular weight is 460 g/mol. The van der Waals surface area contributed by atoms with Gasteiger partial charge in [-0.15, -0.1) is 0 Å². The molecule has 176 valence electrons. The number of carbonyl (C=O) groups excluding carboxylic acids is 2. The molecule has 0 bridgehead atoms. The van der Waals surface area contributed by atoms with E-state index >= 15 is 0 Å². The number of hydrogen-bond donors (Lipinski definition) is 2. The Hall–Kier alpha value is -3.67. The standard InChI is InChI=1S/C28H30FN3O2/c1-20(22-8-4-2-5-9-22)30-28(34)25-19-24(14-15-26(25)32-16-6-3-7-17-32)31-27(33)18-21-10-12-23(29)13-11-21/h2,4-5,8-15,19-20H,3,6-7,16-18H2,1H3,(H,30,34)(H,31,33). The Balaban J connectivity index is 1.54. The van der Waals surface area contributed by atoms with Crippen LogP contribution in [0.5, 0.6) is 0 Å². The topological polar surface area (TPSA) is 61.4 Å². The van der Waals surface area contributed by atoms with Gasteiger partial charge in [-0.1, -0.05) is 42.5 Å². The molecule has 2 amide bonds. The Labute approximate surface area is 200 Å². The maximum absolute atomic E-state index is 13.4. The smallest absolute Gasteiger partial charge is 0.253 e. The molecule has 1 aliphatic heterocycles. The molecular formula is C28H30FN3O2. The van der Waals surface area contributed by atoms with Crippen LogP contribution in [-0.2, 0) is 11.2 Å². The summed E-state index contributed by atoms with van der Waals surface area (Å²) < 4.78 is 13.1. The van der Waals surface area contributed by atoms with Gasteiger partial charge in [-0.25, -0.2) is 4.39 Å². The van der Waals surface area contributed by atoms with Crippen LogP contribution in [0.25, 0.3) is 0 Å². The second-order valence-electron chi connectivity index (χ2n) is 8.74. The maximum atomic E-state index is 13.4. The Kier molecular flexibility index (Phi) is 7.58. The van der Waals surface area contributed by atoms with Crippen molar-refractivity contribution in [3.63, 3.8) is 0 Å². The number of carbonyl (C=O) groups is 2. The first kappa shape index (κ1) is 23.5. The number of piperidine rings is 1. The van der Waals surface area contributed by atoms with E-state index in [-0.39, 0.29) is 30.1 Å². The van der Waals surface area contributed by atoms with Gasteiger partial charge in [0.15, 0.2) is 0 Å². The lowest BCUT2D eigenvalue weighted by molar-refractivity contribution is -0.115. The highest BCUT2D eigenvalue weighted by Crippen LogP contribution is 2.28. The number of rotatable bonds is 7. The fraction of sp³-hybridized carbons (Fsp3) is 0.286. The number of benzene rings is 3. The van der Waals surface area contributed by atoms with Crippen molar-refractivity contribution < 1.29 is 14.0 Å². The SMILES string of the molecule is CC(NC(=O)c1cc(NC(=O)Cc2ccc(F)cc2)ccc1N1CCCCC1)c1ccccc1. The van der Waals surface area contributed by atoms with Gasteiger partial charge in [0.25, 0.3) is 5.91 Å². The summed E-state index contributed by atoms with van der Waals surface area (Å²) in [5.74, 6) is -0.731. The van der Waals surface area contributed by atoms with Crippen molar-refractivity contribution >= 4 is 23.2 Å². The second-order valence-corrected chi connectivity index (χ2v) is 8.74. The van der Waals surface area contributed by atoms with Gasteiger partial charge in [-0.3, -0.25) is 9.59 Å². The van der Waals surface area contributed by atoms with Gasteiger partial charge in [-0.2, -0.15) is 0 Å². The van der Waals surface area contributed by atoms with Crippen molar-refractivity contribution in [1.29, 1.82) is 0 Å². The van der Waals surface area contributed by atoms with E-state index in [1.54, 1.807) is 18.2 Å². The van der Waals surface area contributed by atoms with E-state index in [4.69, 9.17) is 0 Å². The van der Waals surface area contributed by atoms with Gasteiger partial charge in [0, 0.05) is 24.5 Å². The Bertz CT molecular complexity index is 1130. The molecule has 0 saturated carbocycles. The quantitative estimate of drug-likeness (QED) is 0.491. The number of nitrogens with zero attached hydrogens (tertiary/aromatic N) is 1. The van der Waals surface area contributed by atoms with Crippen LogP contribution in [0.3, 0.4) is 0 Å². The third-order valence-electron chi connectivity index (χ3n) is 6.15. The van der Waals surface area contributed by atoms with Crippen molar-refractivity contribution in [2.45, 2.75) is 38.6 Å². The van der Waals surface area contributed by atoms with E-state index in [2.05, 4.69) is 15.5 Å². The van der Waals surface area contributed by atoms with E-state index in [9.17, 15) is 14.0 Å². The predicted octanol–water partition coefficient (Wildman–Crippen LogP) is 5.49. The minimum Gasteiger partial charge on any atom is -0.371 e. The first-order chi connectivity index (χ1) is 16.5. The summed E-state index contributed by atoms with van der Waals surface area (Å²) in [6.07, 6.45) is 3.51. The number of hydrogen-bond acceptors (Lipinski definition) is 3. The molecule has 1 fully saturated rings. The van der Waals surface area contributed by atoms with Crippen molar-refractivity contribution in [3.8, 4) is 0 Å². The Morgan fingerprint density at radius 1 is 0.941 bits per heavy atom. The van der Waals surface area contributed by atoms with Crippen LogP contribution in [0.2, 0.25) is 0 Å². The summed E-state index contributed by atoms with van der Waals surface area (Å²) in [4.78, 5) is 28.2. The van der Waals surface area contributed by atoms with Crippen molar-refractivity contribution in [2.24, 2.45) is 0 Å². The summed E-state index contributed by atoms with van der Waals surface area (Å²) in [5.41, 5.74) is 3.74. The van der Waals surface area contributed by atoms with Crippen LogP contribution in [0.15, 0.2) is 72.8 Å². The lowest BCUT2D eigenvalue weighted by Gasteiger charge is -2.31. The summed E-state index contributed by atoms with van der Waals surface area (Å²) >= 11 is 0. The van der Waals surface area contributed by atoms with Crippen molar-refractivity contribution in [1.82, 2.24) is 5.32 Å². The third kappa shape index (κ3) is 6.01. The van der Waals surface area contributed by atoms with Crippen LogP contribution in [0.4, 0.5) is 15.8 Å². The van der Waals surface area contributed by atoms with E-state index in [1.165, 1.54) is 18.6 Å². The lowest BCUT2D eigenvalue weighted by Crippen LogP contribution is -2.33. The molecule has 4 rings (SSSR count). The van der Waals surface area contributed by atoms with E-state index in [1.807, 2.05) is 49.4 Å². The molecule has 1 aliphatic rings. The molecule has 3 aromatic rings. The molecule has 1 unspecified atom stereocenters. The monoisotopic (exact) mass is 459 g/mol. The fourth-order valence-electron chi connectivity index (χ4n) is 4.30. The van der Waals surface area contributed by atoms with Gasteiger partial charge >= 0.3 is 0 Å². The molecule has 6 heteroatoms. The Morgan fingerprint density at radius 2 is 1.65 bits per heavy atom. The van der Waals surface area contributed by atoms with Gasteiger partial charge in [0.1, 0.15) is 5.82 Å². The van der Waals surface area contributed by atoms with Crippen molar-refractivity contribution in [2.75, 3.05) is 23.3 Å². The van der Waals surface area contributed by atoms with Gasteiger partial charge in [-0.05, 0) is 67.6 Å². The molecular weight excluding hydrogens is 429 g/mol. The first-order valence-corrected chi connectivity index (χ1v) is 11.8. The molecule has 1 heterocycles. The molecule has 1 atom stereocenters. The number of amides is 2. The maximum Gasteiger partial charge on any atom is 0.253 e. The summed E-state index contributed by atoms with van der Waals surface area (Å²) in [7, 11) is 0. The van der Waals surface area contributed by atoms with Gasteiger partial charge < -0.3 is 15.5 Å². The largest absolute Gasteiger partial charge is 0.371 e. The van der Waals surface area contributed by atoms with E-state index < -0.39 is 0 Å². The highest BCUT2D eigenvalue weighted by atomic mass is 19.1. The first-order valence-electron chi connectivity index (χ1n) is 11.8. The lowest BCUT2D eigenvalue weighted by atomic mass is 10.0. The normalized spacial score (nSPS) is 14.4. The molecule has 0 aromatic heterocycles. The molecule has 34 heavy (non-hydrogen) atoms. The highest BCUT2D eigenvalue weighted by molar-refractivity contribution is 6.02. The zero-order chi connectivity index (χ0) is 23.9. The number of halogens is 1. The van der Waals surface area contributed by atoms with Crippen LogP contribution in [0, 0.1) is 5.82 Å². The summed E-state index contributed by atoms with van der Waals surface area (Å²) in [5, 5.41) is 5.99. The van der Waals surface area contributed by atoms with Crippen molar-refractivity contribution in [3.05, 3.63) is 95.3 Å². The van der Waals surface area contributed by atoms with Crippen LogP contribution < -0.4 is 15.5 Å². The minimum atomic E-state index is -0.335. The Morgan fingerprint density at radius 3 is 2.35 bits per heavy atom. The van der Waals surface area contributed by atoms with Crippen LogP contribution >= 0.6 is 0 Å². The van der Waals surface area contributed by atoms with E-state index in [0.29, 0.717) is 11.3 Å². The number of nitrogens with one attached hydrogen (secondary N) is 2. The molecule has 1 saturated heterocycles. The molecule has 0 radical (unpaired) electrons. The number of anilines is 2. The zero-order valence-electron chi connectivity index (χ0n) is 19.4. The highest BCUT2D eigenvalue weighted by Gasteiger charge is 2.21. The van der Waals surface area contributed by atoms with Crippen LogP contribution in [-0.4, -0.2) is 24.9 Å². The molecule has 0 aliphatic carbocycles. The zero-order valence-corrected chi connectivity index (χ0v) is 19.4. The fourth-order valence-corrected chi connectivity index (χ4v) is 4.30. The predicted molar refractivity (Wildman–Crippen MR) is 134 cm³/mol. The molecule has 2 N–H and O–H groups in total. The summed E-state index contributed by atoms with van der Waals surface area (Å²) in [6, 6.07) is 21.1.